The average molecular weight is 523 g/mol. The summed E-state index contributed by atoms with van der Waals surface area (Å²) in [6.07, 6.45) is 0.560. The molecule has 38 heavy (non-hydrogen) atoms. The molecule has 1 fully saturated rings. The van der Waals surface area contributed by atoms with Crippen LogP contribution in [0.2, 0.25) is 0 Å². The fourth-order valence-corrected chi connectivity index (χ4v) is 4.24. The van der Waals surface area contributed by atoms with E-state index in [1.54, 1.807) is 25.7 Å². The predicted octanol–water partition coefficient (Wildman–Crippen LogP) is 3.50. The molecule has 0 aliphatic heterocycles. The third kappa shape index (κ3) is 8.33. The van der Waals surface area contributed by atoms with Gasteiger partial charge in [0.05, 0.1) is 0 Å². The van der Waals surface area contributed by atoms with E-state index >= 15 is 0 Å². The van der Waals surface area contributed by atoms with Gasteiger partial charge in [-0.1, -0.05) is 54.6 Å². The molecule has 2 unspecified atom stereocenters. The Hall–Kier alpha value is -3.88. The first kappa shape index (κ1) is 28.7. The number of nitrogens with two attached hydrogens (primary N) is 1. The van der Waals surface area contributed by atoms with Gasteiger partial charge in [-0.25, -0.2) is 4.79 Å². The zero-order valence-electron chi connectivity index (χ0n) is 22.5. The first-order chi connectivity index (χ1) is 18.0. The Labute approximate surface area is 224 Å². The molecule has 2 atom stereocenters. The van der Waals surface area contributed by atoms with Crippen LogP contribution >= 0.6 is 0 Å². The van der Waals surface area contributed by atoms with Crippen molar-refractivity contribution in [2.75, 3.05) is 0 Å². The number of rotatable bonds is 11. The first-order valence-electron chi connectivity index (χ1n) is 12.9. The van der Waals surface area contributed by atoms with Crippen molar-refractivity contribution in [2.24, 2.45) is 5.73 Å². The van der Waals surface area contributed by atoms with Crippen molar-refractivity contribution in [1.29, 1.82) is 0 Å². The van der Waals surface area contributed by atoms with Gasteiger partial charge in [-0.15, -0.1) is 0 Å². The lowest BCUT2D eigenvalue weighted by Crippen LogP contribution is -2.54. The summed E-state index contributed by atoms with van der Waals surface area (Å²) in [5, 5.41) is 5.60. The molecule has 3 rings (SSSR count). The molecule has 2 aromatic carbocycles. The van der Waals surface area contributed by atoms with Crippen LogP contribution in [0.15, 0.2) is 54.6 Å². The van der Waals surface area contributed by atoms with E-state index in [0.717, 1.165) is 24.0 Å². The van der Waals surface area contributed by atoms with Gasteiger partial charge in [0, 0.05) is 19.0 Å². The van der Waals surface area contributed by atoms with Crippen LogP contribution in [0.3, 0.4) is 0 Å². The summed E-state index contributed by atoms with van der Waals surface area (Å²) in [5.74, 6) is -1.38. The number of hydrogen-bond donors (Lipinski definition) is 3. The van der Waals surface area contributed by atoms with Crippen LogP contribution in [0.4, 0.5) is 4.79 Å². The topological polar surface area (TPSA) is 131 Å². The van der Waals surface area contributed by atoms with E-state index in [4.69, 9.17) is 10.5 Å². The second-order valence-electron chi connectivity index (χ2n) is 10.6. The lowest BCUT2D eigenvalue weighted by molar-refractivity contribution is -0.143. The minimum absolute atomic E-state index is 0.0112. The minimum Gasteiger partial charge on any atom is -0.444 e. The summed E-state index contributed by atoms with van der Waals surface area (Å²) in [5.41, 5.74) is 7.07. The Bertz CT molecular complexity index is 1140. The smallest absolute Gasteiger partial charge is 0.408 e. The highest BCUT2D eigenvalue weighted by Crippen LogP contribution is 2.37. The minimum atomic E-state index is -1.09. The van der Waals surface area contributed by atoms with Crippen LogP contribution in [0, 0.1) is 6.92 Å². The van der Waals surface area contributed by atoms with Crippen molar-refractivity contribution in [1.82, 2.24) is 15.5 Å². The Morgan fingerprint density at radius 1 is 1.03 bits per heavy atom. The number of alkyl carbamates (subject to hydrolysis) is 1. The summed E-state index contributed by atoms with van der Waals surface area (Å²) in [6, 6.07) is 14.8. The quantitative estimate of drug-likeness (QED) is 0.416. The number of carbonyl (C=O) groups is 4. The van der Waals surface area contributed by atoms with E-state index in [1.807, 2.05) is 61.5 Å². The second kappa shape index (κ2) is 12.6. The van der Waals surface area contributed by atoms with E-state index in [2.05, 4.69) is 10.6 Å². The van der Waals surface area contributed by atoms with Crippen molar-refractivity contribution in [3.05, 3.63) is 71.3 Å². The molecule has 0 saturated heterocycles. The van der Waals surface area contributed by atoms with E-state index in [-0.39, 0.29) is 24.8 Å². The number of primary amides is 1. The van der Waals surface area contributed by atoms with Gasteiger partial charge in [0.2, 0.25) is 17.7 Å². The molecule has 4 amide bonds. The van der Waals surface area contributed by atoms with Crippen molar-refractivity contribution in [3.8, 4) is 0 Å². The molecule has 0 bridgehead atoms. The Morgan fingerprint density at radius 3 is 2.24 bits per heavy atom. The summed E-state index contributed by atoms with van der Waals surface area (Å²) >= 11 is 0. The van der Waals surface area contributed by atoms with Crippen molar-refractivity contribution < 1.29 is 23.9 Å². The number of nitrogens with zero attached hydrogens (tertiary/aromatic N) is 1. The zero-order chi connectivity index (χ0) is 27.9. The number of amides is 4. The van der Waals surface area contributed by atoms with Gasteiger partial charge in [-0.2, -0.15) is 0 Å². The fourth-order valence-electron chi connectivity index (χ4n) is 4.24. The van der Waals surface area contributed by atoms with Crippen LogP contribution in [0.5, 0.6) is 0 Å². The lowest BCUT2D eigenvalue weighted by Gasteiger charge is -2.35. The molecule has 1 saturated carbocycles. The van der Waals surface area contributed by atoms with Crippen LogP contribution < -0.4 is 16.4 Å². The lowest BCUT2D eigenvalue weighted by atomic mass is 9.97. The van der Waals surface area contributed by atoms with Gasteiger partial charge in [-0.3, -0.25) is 14.4 Å². The van der Waals surface area contributed by atoms with Crippen LogP contribution in [-0.4, -0.2) is 46.4 Å². The van der Waals surface area contributed by atoms with Crippen molar-refractivity contribution in [3.63, 3.8) is 0 Å². The predicted molar refractivity (Wildman–Crippen MR) is 144 cm³/mol. The summed E-state index contributed by atoms with van der Waals surface area (Å²) < 4.78 is 5.36. The van der Waals surface area contributed by atoms with Gasteiger partial charge < -0.3 is 26.0 Å². The number of nitrogens with one attached hydrogen (secondary N) is 2. The molecule has 1 aliphatic rings. The van der Waals surface area contributed by atoms with Gasteiger partial charge in [0.25, 0.3) is 0 Å². The molecule has 0 heterocycles. The Kier molecular flexibility index (Phi) is 9.50. The molecule has 0 spiro atoms. The highest BCUT2D eigenvalue weighted by Gasteiger charge is 2.44. The van der Waals surface area contributed by atoms with E-state index < -0.39 is 35.6 Å². The molecular formula is C29H38N4O5. The molecular weight excluding hydrogens is 484 g/mol. The third-order valence-electron chi connectivity index (χ3n) is 6.18. The van der Waals surface area contributed by atoms with Crippen LogP contribution in [0.25, 0.3) is 0 Å². The fraction of sp³-hybridized carbons (Fsp3) is 0.448. The molecule has 0 aromatic heterocycles. The molecule has 1 aliphatic carbocycles. The maximum atomic E-state index is 14.1. The highest BCUT2D eigenvalue weighted by atomic mass is 16.6. The molecule has 0 radical (unpaired) electrons. The Balaban J connectivity index is 1.94. The highest BCUT2D eigenvalue weighted by molar-refractivity contribution is 5.93. The van der Waals surface area contributed by atoms with E-state index in [1.165, 1.54) is 0 Å². The molecule has 2 aromatic rings. The SMILES string of the molecule is Cc1ccccc1C(C(=O)NCc1ccccc1)N(C(=O)C(CCC(N)=O)NC(=O)OC(C)(C)C)C1CC1. The van der Waals surface area contributed by atoms with Gasteiger partial charge in [0.15, 0.2) is 0 Å². The summed E-state index contributed by atoms with van der Waals surface area (Å²) in [4.78, 5) is 53.6. The Morgan fingerprint density at radius 2 is 1.66 bits per heavy atom. The zero-order valence-corrected chi connectivity index (χ0v) is 22.5. The number of carbonyl (C=O) groups excluding carboxylic acids is 4. The van der Waals surface area contributed by atoms with Crippen molar-refractivity contribution in [2.45, 2.75) is 83.6 Å². The van der Waals surface area contributed by atoms with E-state index in [0.29, 0.717) is 12.1 Å². The van der Waals surface area contributed by atoms with Gasteiger partial charge >= 0.3 is 6.09 Å². The standard InChI is InChI=1S/C29H38N4O5/c1-19-10-8-9-13-22(19)25(26(35)31-18-20-11-6-5-7-12-20)33(21-14-15-21)27(36)23(16-17-24(30)34)32-28(37)38-29(2,3)4/h5-13,21,23,25H,14-18H2,1-4H3,(H2,30,34)(H,31,35)(H,32,37). The molecule has 204 valence electrons. The maximum absolute atomic E-state index is 14.1. The number of ether oxygens (including phenoxy) is 1. The van der Waals surface area contributed by atoms with Crippen LogP contribution in [-0.2, 0) is 25.7 Å². The normalized spacial score (nSPS) is 14.6. The van der Waals surface area contributed by atoms with E-state index in [9.17, 15) is 19.2 Å². The second-order valence-corrected chi connectivity index (χ2v) is 10.6. The third-order valence-corrected chi connectivity index (χ3v) is 6.18. The van der Waals surface area contributed by atoms with Crippen molar-refractivity contribution >= 4 is 23.8 Å². The summed E-state index contributed by atoms with van der Waals surface area (Å²) in [6.45, 7) is 7.35. The van der Waals surface area contributed by atoms with Gasteiger partial charge in [0.1, 0.15) is 17.7 Å². The monoisotopic (exact) mass is 522 g/mol. The number of hydrogen-bond acceptors (Lipinski definition) is 5. The number of aryl methyl sites for hydroxylation is 1. The van der Waals surface area contributed by atoms with Crippen LogP contribution in [0.1, 0.15) is 69.2 Å². The molecule has 9 nitrogen and oxygen atoms in total. The number of benzene rings is 2. The summed E-state index contributed by atoms with van der Waals surface area (Å²) in [7, 11) is 0. The first-order valence-corrected chi connectivity index (χ1v) is 12.9. The molecule has 9 heteroatoms. The molecule has 4 N–H and O–H groups in total. The maximum Gasteiger partial charge on any atom is 0.408 e. The largest absolute Gasteiger partial charge is 0.444 e. The average Bonchev–Trinajstić information content (AvgIpc) is 3.68. The van der Waals surface area contributed by atoms with Gasteiger partial charge in [-0.05, 0) is 63.6 Å².